The molecule has 3 rings (SSSR count). The van der Waals surface area contributed by atoms with Gasteiger partial charge in [0.25, 0.3) is 0 Å². The molecule has 1 aliphatic rings. The fraction of sp³-hybridized carbons (Fsp3) is 0. The minimum Gasteiger partial charge on any atom is -0.359 e. The number of fused-ring (bicyclic) bond motifs is 1. The predicted molar refractivity (Wildman–Crippen MR) is 55.7 cm³/mol. The SMILES string of the molecule is C1=NNN(c2cnccn2)c2cc[nH]c21. The Morgan fingerprint density at radius 3 is 3.13 bits per heavy atom. The van der Waals surface area contributed by atoms with Gasteiger partial charge < -0.3 is 4.98 Å². The summed E-state index contributed by atoms with van der Waals surface area (Å²) < 4.78 is 0. The number of hydrogen-bond acceptors (Lipinski definition) is 5. The molecule has 2 aromatic heterocycles. The average Bonchev–Trinajstić information content (AvgIpc) is 2.78. The van der Waals surface area contributed by atoms with Gasteiger partial charge in [-0.15, -0.1) is 0 Å². The van der Waals surface area contributed by atoms with Gasteiger partial charge in [-0.3, -0.25) is 4.98 Å². The van der Waals surface area contributed by atoms with Crippen LogP contribution in [-0.4, -0.2) is 21.2 Å². The fourth-order valence-electron chi connectivity index (χ4n) is 1.46. The molecule has 0 fully saturated rings. The number of hydrazone groups is 1. The second kappa shape index (κ2) is 3.09. The first kappa shape index (κ1) is 7.98. The van der Waals surface area contributed by atoms with Crippen LogP contribution in [0.3, 0.4) is 0 Å². The molecule has 6 heteroatoms. The topological polar surface area (TPSA) is 69.2 Å². The van der Waals surface area contributed by atoms with E-state index in [1.54, 1.807) is 29.8 Å². The summed E-state index contributed by atoms with van der Waals surface area (Å²) in [6.45, 7) is 0. The lowest BCUT2D eigenvalue weighted by atomic mass is 10.3. The van der Waals surface area contributed by atoms with Gasteiger partial charge >= 0.3 is 0 Å². The van der Waals surface area contributed by atoms with Crippen molar-refractivity contribution in [1.29, 1.82) is 0 Å². The quantitative estimate of drug-likeness (QED) is 0.714. The van der Waals surface area contributed by atoms with Gasteiger partial charge in [-0.2, -0.15) is 5.10 Å². The van der Waals surface area contributed by atoms with Gasteiger partial charge in [0.05, 0.1) is 23.8 Å². The molecule has 0 saturated heterocycles. The van der Waals surface area contributed by atoms with Crippen molar-refractivity contribution in [3.63, 3.8) is 0 Å². The van der Waals surface area contributed by atoms with Gasteiger partial charge in [-0.25, -0.2) is 15.5 Å². The third-order valence-corrected chi connectivity index (χ3v) is 2.13. The summed E-state index contributed by atoms with van der Waals surface area (Å²) in [7, 11) is 0. The van der Waals surface area contributed by atoms with E-state index in [-0.39, 0.29) is 0 Å². The first-order valence-electron chi connectivity index (χ1n) is 4.47. The normalized spacial score (nSPS) is 13.5. The van der Waals surface area contributed by atoms with Crippen LogP contribution in [0.2, 0.25) is 0 Å². The number of nitrogens with zero attached hydrogens (tertiary/aromatic N) is 4. The summed E-state index contributed by atoms with van der Waals surface area (Å²) in [6.07, 6.45) is 8.52. The van der Waals surface area contributed by atoms with Crippen LogP contribution >= 0.6 is 0 Å². The highest BCUT2D eigenvalue weighted by molar-refractivity contribution is 5.88. The smallest absolute Gasteiger partial charge is 0.171 e. The summed E-state index contributed by atoms with van der Waals surface area (Å²) in [6, 6.07) is 1.95. The number of hydrazine groups is 1. The zero-order chi connectivity index (χ0) is 10.1. The number of aromatic amines is 1. The van der Waals surface area contributed by atoms with Crippen molar-refractivity contribution in [3.05, 3.63) is 36.5 Å². The van der Waals surface area contributed by atoms with Gasteiger partial charge in [-0.1, -0.05) is 0 Å². The van der Waals surface area contributed by atoms with E-state index in [0.29, 0.717) is 5.82 Å². The number of nitrogens with one attached hydrogen (secondary N) is 2. The van der Waals surface area contributed by atoms with Gasteiger partial charge in [0.1, 0.15) is 0 Å². The lowest BCUT2D eigenvalue weighted by Gasteiger charge is -2.23. The molecule has 0 bridgehead atoms. The van der Waals surface area contributed by atoms with Crippen LogP contribution in [0.4, 0.5) is 11.5 Å². The van der Waals surface area contributed by atoms with Crippen molar-refractivity contribution < 1.29 is 0 Å². The van der Waals surface area contributed by atoms with E-state index in [4.69, 9.17) is 0 Å². The molecule has 0 saturated carbocycles. The van der Waals surface area contributed by atoms with Crippen LogP contribution in [0, 0.1) is 0 Å². The summed E-state index contributed by atoms with van der Waals surface area (Å²) >= 11 is 0. The average molecular weight is 200 g/mol. The Morgan fingerprint density at radius 1 is 1.27 bits per heavy atom. The molecule has 0 atom stereocenters. The molecule has 74 valence electrons. The maximum absolute atomic E-state index is 4.19. The van der Waals surface area contributed by atoms with Crippen molar-refractivity contribution in [3.8, 4) is 0 Å². The highest BCUT2D eigenvalue weighted by atomic mass is 15.7. The molecule has 6 nitrogen and oxygen atoms in total. The molecule has 0 radical (unpaired) electrons. The zero-order valence-electron chi connectivity index (χ0n) is 7.75. The Bertz CT molecular complexity index is 488. The molecule has 0 aromatic carbocycles. The Kier molecular flexibility index (Phi) is 1.64. The number of H-pyrrole nitrogens is 1. The number of hydrogen-bond donors (Lipinski definition) is 2. The zero-order valence-corrected chi connectivity index (χ0v) is 7.75. The Labute approximate surface area is 85.6 Å². The lowest BCUT2D eigenvalue weighted by Crippen LogP contribution is -2.33. The van der Waals surface area contributed by atoms with E-state index >= 15 is 0 Å². The highest BCUT2D eigenvalue weighted by Crippen LogP contribution is 2.24. The molecule has 0 spiro atoms. The number of rotatable bonds is 1. The van der Waals surface area contributed by atoms with Crippen molar-refractivity contribution >= 4 is 17.7 Å². The van der Waals surface area contributed by atoms with Crippen LogP contribution in [0.5, 0.6) is 0 Å². The molecule has 0 aliphatic carbocycles. The predicted octanol–water partition coefficient (Wildman–Crippen LogP) is 0.795. The second-order valence-corrected chi connectivity index (χ2v) is 3.03. The van der Waals surface area contributed by atoms with Crippen LogP contribution in [0.15, 0.2) is 36.0 Å². The van der Waals surface area contributed by atoms with Gasteiger partial charge in [0.2, 0.25) is 0 Å². The van der Waals surface area contributed by atoms with E-state index in [0.717, 1.165) is 11.4 Å². The van der Waals surface area contributed by atoms with E-state index in [9.17, 15) is 0 Å². The van der Waals surface area contributed by atoms with Crippen LogP contribution < -0.4 is 10.5 Å². The van der Waals surface area contributed by atoms with E-state index in [1.165, 1.54) is 0 Å². The second-order valence-electron chi connectivity index (χ2n) is 3.03. The fourth-order valence-corrected chi connectivity index (χ4v) is 1.46. The largest absolute Gasteiger partial charge is 0.359 e. The molecule has 3 heterocycles. The molecule has 0 unspecified atom stereocenters. The van der Waals surface area contributed by atoms with E-state index < -0.39 is 0 Å². The Morgan fingerprint density at radius 2 is 2.27 bits per heavy atom. The maximum atomic E-state index is 4.19. The van der Waals surface area contributed by atoms with Crippen molar-refractivity contribution in [2.24, 2.45) is 5.10 Å². The van der Waals surface area contributed by atoms with E-state index in [2.05, 4.69) is 25.6 Å². The molecule has 1 aliphatic heterocycles. The van der Waals surface area contributed by atoms with Crippen molar-refractivity contribution in [1.82, 2.24) is 20.5 Å². The molecular formula is C9H8N6. The van der Waals surface area contributed by atoms with Gasteiger partial charge in [0.15, 0.2) is 5.82 Å². The molecule has 15 heavy (non-hydrogen) atoms. The Balaban J connectivity index is 2.07. The molecule has 2 aromatic rings. The monoisotopic (exact) mass is 200 g/mol. The summed E-state index contributed by atoms with van der Waals surface area (Å²) in [5.41, 5.74) is 4.78. The molecular weight excluding hydrogens is 192 g/mol. The maximum Gasteiger partial charge on any atom is 0.171 e. The molecule has 2 N–H and O–H groups in total. The number of anilines is 2. The van der Waals surface area contributed by atoms with Gasteiger partial charge in [-0.05, 0) is 6.07 Å². The first-order chi connectivity index (χ1) is 7.45. The van der Waals surface area contributed by atoms with Crippen molar-refractivity contribution in [2.45, 2.75) is 0 Å². The Hall–Kier alpha value is -2.37. The lowest BCUT2D eigenvalue weighted by molar-refractivity contribution is 0.739. The first-order valence-corrected chi connectivity index (χ1v) is 4.47. The summed E-state index contributed by atoms with van der Waals surface area (Å²) in [5.74, 6) is 0.704. The summed E-state index contributed by atoms with van der Waals surface area (Å²) in [4.78, 5) is 11.3. The van der Waals surface area contributed by atoms with Crippen molar-refractivity contribution in [2.75, 3.05) is 5.01 Å². The third kappa shape index (κ3) is 1.23. The summed E-state index contributed by atoms with van der Waals surface area (Å²) in [5, 5.41) is 5.76. The third-order valence-electron chi connectivity index (χ3n) is 2.13. The minimum atomic E-state index is 0.704. The molecule has 0 amide bonds. The highest BCUT2D eigenvalue weighted by Gasteiger charge is 2.17. The van der Waals surface area contributed by atoms with Crippen LogP contribution in [0.25, 0.3) is 0 Å². The van der Waals surface area contributed by atoms with E-state index in [1.807, 2.05) is 12.3 Å². The standard InChI is InChI=1S/C9H8N6/c1-2-11-7-5-13-14-15(8(1)7)9-6-10-3-4-12-9/h1-6,11,14H. The number of aromatic nitrogens is 3. The minimum absolute atomic E-state index is 0.704. The van der Waals surface area contributed by atoms with Crippen LogP contribution in [-0.2, 0) is 0 Å². The van der Waals surface area contributed by atoms with Gasteiger partial charge in [0, 0.05) is 18.6 Å². The van der Waals surface area contributed by atoms with Crippen LogP contribution in [0.1, 0.15) is 5.69 Å².